The molecule has 154 valence electrons. The van der Waals surface area contributed by atoms with Gasteiger partial charge in [0.25, 0.3) is 10.0 Å². The first kappa shape index (κ1) is 20.9. The van der Waals surface area contributed by atoms with E-state index in [1.165, 1.54) is 0 Å². The zero-order valence-corrected chi connectivity index (χ0v) is 17.4. The highest BCUT2D eigenvalue weighted by Gasteiger charge is 2.28. The molecule has 7 nitrogen and oxygen atoms in total. The lowest BCUT2D eigenvalue weighted by Gasteiger charge is -2.33. The number of aryl methyl sites for hydroxylation is 1. The smallest absolute Gasteiger partial charge is 0.410 e. The number of likely N-dealkylation sites (tertiary alicyclic amines) is 1. The lowest BCUT2D eigenvalue weighted by molar-refractivity contribution is 0.0822. The molecule has 1 fully saturated rings. The quantitative estimate of drug-likeness (QED) is 0.758. The molecule has 1 heterocycles. The van der Waals surface area contributed by atoms with Crippen LogP contribution in [0.1, 0.15) is 30.9 Å². The molecule has 1 atom stereocenters. The minimum absolute atomic E-state index is 0.130. The second-order valence-corrected chi connectivity index (χ2v) is 8.78. The third-order valence-corrected chi connectivity index (χ3v) is 6.02. The maximum Gasteiger partial charge on any atom is 0.410 e. The molecule has 0 aromatic heterocycles. The van der Waals surface area contributed by atoms with Crippen molar-refractivity contribution in [3.63, 3.8) is 0 Å². The van der Waals surface area contributed by atoms with Crippen LogP contribution >= 0.6 is 0 Å². The average Bonchev–Trinajstić information content (AvgIpc) is 2.72. The van der Waals surface area contributed by atoms with Crippen molar-refractivity contribution in [3.8, 4) is 0 Å². The van der Waals surface area contributed by atoms with Crippen LogP contribution in [0.4, 0.5) is 4.79 Å². The predicted octanol–water partition coefficient (Wildman–Crippen LogP) is 3.45. The summed E-state index contributed by atoms with van der Waals surface area (Å²) in [6.45, 7) is 4.44. The molecule has 1 aliphatic rings. The number of nitrogens with one attached hydrogen (secondary N) is 1. The second-order valence-electron chi connectivity index (χ2n) is 7.12. The highest BCUT2D eigenvalue weighted by molar-refractivity contribution is 7.89. The van der Waals surface area contributed by atoms with Crippen LogP contribution in [0.2, 0.25) is 0 Å². The van der Waals surface area contributed by atoms with E-state index in [0.717, 1.165) is 11.1 Å². The Hall–Kier alpha value is -2.87. The van der Waals surface area contributed by atoms with Gasteiger partial charge >= 0.3 is 6.09 Å². The summed E-state index contributed by atoms with van der Waals surface area (Å²) in [6.07, 6.45) is 0.596. The van der Waals surface area contributed by atoms with E-state index < -0.39 is 10.0 Å². The van der Waals surface area contributed by atoms with E-state index in [0.29, 0.717) is 25.1 Å². The number of nitrogens with zero attached hydrogens (tertiary/aromatic N) is 2. The minimum Gasteiger partial charge on any atom is -0.445 e. The highest BCUT2D eigenvalue weighted by atomic mass is 32.2. The number of piperidine rings is 1. The van der Waals surface area contributed by atoms with Crippen LogP contribution < -0.4 is 4.83 Å². The van der Waals surface area contributed by atoms with Crippen LogP contribution in [0, 0.1) is 6.92 Å². The molecule has 2 aromatic carbocycles. The fourth-order valence-corrected chi connectivity index (χ4v) is 3.94. The molecule has 0 aliphatic carbocycles. The van der Waals surface area contributed by atoms with Gasteiger partial charge in [-0.2, -0.15) is 13.5 Å². The summed E-state index contributed by atoms with van der Waals surface area (Å²) in [7, 11) is -3.71. The third kappa shape index (κ3) is 5.57. The first-order chi connectivity index (χ1) is 13.8. The Morgan fingerprint density at radius 2 is 1.86 bits per heavy atom. The van der Waals surface area contributed by atoms with Crippen molar-refractivity contribution in [3.05, 3.63) is 65.7 Å². The van der Waals surface area contributed by atoms with Crippen LogP contribution in [-0.2, 0) is 21.4 Å². The van der Waals surface area contributed by atoms with Gasteiger partial charge in [0.05, 0.1) is 4.90 Å². The van der Waals surface area contributed by atoms with Crippen molar-refractivity contribution < 1.29 is 17.9 Å². The molecular formula is C21H25N3O4S. The molecule has 3 rings (SSSR count). The first-order valence-corrected chi connectivity index (χ1v) is 10.9. The molecule has 0 saturated carbocycles. The average molecular weight is 416 g/mol. The molecular weight excluding hydrogens is 390 g/mol. The number of ether oxygens (including phenoxy) is 1. The molecule has 2 aromatic rings. The first-order valence-electron chi connectivity index (χ1n) is 9.46. The Bertz CT molecular complexity index is 973. The van der Waals surface area contributed by atoms with Gasteiger partial charge in [-0.1, -0.05) is 48.0 Å². The molecule has 29 heavy (non-hydrogen) atoms. The Morgan fingerprint density at radius 1 is 1.17 bits per heavy atom. The number of benzene rings is 2. The number of hydrogen-bond donors (Lipinski definition) is 1. The standard InChI is InChI=1S/C21H25N3O4S/c1-16-8-10-20(11-9-16)29(26,27)23-22-19-12-13-24(17(2)14-19)21(25)28-15-18-6-4-3-5-7-18/h3-11,17,23H,12-15H2,1-2H3/b22-19-/t17-/m1/s1. The van der Waals surface area contributed by atoms with E-state index in [2.05, 4.69) is 9.93 Å². The van der Waals surface area contributed by atoms with E-state index in [1.807, 2.05) is 44.2 Å². The summed E-state index contributed by atoms with van der Waals surface area (Å²) in [5.41, 5.74) is 2.62. The summed E-state index contributed by atoms with van der Waals surface area (Å²) in [5.74, 6) is 0. The second kappa shape index (κ2) is 9.09. The molecule has 0 spiro atoms. The highest BCUT2D eigenvalue weighted by Crippen LogP contribution is 2.17. The molecule has 0 radical (unpaired) electrons. The van der Waals surface area contributed by atoms with Crippen molar-refractivity contribution in [1.29, 1.82) is 0 Å². The number of amides is 1. The van der Waals surface area contributed by atoms with Gasteiger partial charge in [-0.05, 0) is 31.5 Å². The Kier molecular flexibility index (Phi) is 6.53. The Morgan fingerprint density at radius 3 is 2.52 bits per heavy atom. The minimum atomic E-state index is -3.71. The van der Waals surface area contributed by atoms with E-state index >= 15 is 0 Å². The molecule has 1 aliphatic heterocycles. The van der Waals surface area contributed by atoms with Gasteiger partial charge in [-0.25, -0.2) is 9.63 Å². The largest absolute Gasteiger partial charge is 0.445 e. The van der Waals surface area contributed by atoms with Crippen molar-refractivity contribution in [2.45, 2.75) is 44.2 Å². The van der Waals surface area contributed by atoms with Crippen LogP contribution in [0.3, 0.4) is 0 Å². The van der Waals surface area contributed by atoms with Crippen LogP contribution in [-0.4, -0.2) is 37.7 Å². The number of hydrogen-bond acceptors (Lipinski definition) is 5. The number of sulfonamides is 1. The lowest BCUT2D eigenvalue weighted by atomic mass is 10.0. The van der Waals surface area contributed by atoms with Crippen molar-refractivity contribution in [1.82, 2.24) is 9.73 Å². The van der Waals surface area contributed by atoms with E-state index in [-0.39, 0.29) is 23.6 Å². The zero-order chi connectivity index (χ0) is 20.9. The van der Waals surface area contributed by atoms with Crippen LogP contribution in [0.25, 0.3) is 0 Å². The Balaban J connectivity index is 1.55. The van der Waals surface area contributed by atoms with Gasteiger partial charge in [0, 0.05) is 31.1 Å². The predicted molar refractivity (Wildman–Crippen MR) is 111 cm³/mol. The number of carbonyl (C=O) groups excluding carboxylic acids is 1. The fraction of sp³-hybridized carbons (Fsp3) is 0.333. The van der Waals surface area contributed by atoms with Gasteiger partial charge in [0.2, 0.25) is 0 Å². The summed E-state index contributed by atoms with van der Waals surface area (Å²) in [5, 5.41) is 4.09. The molecule has 1 amide bonds. The van der Waals surface area contributed by atoms with Crippen molar-refractivity contribution in [2.75, 3.05) is 6.54 Å². The summed E-state index contributed by atoms with van der Waals surface area (Å²) in [4.78, 5) is 16.5. The SMILES string of the molecule is Cc1ccc(S(=O)(=O)N/N=C2/CCN(C(=O)OCc3ccccc3)[C@H](C)C2)cc1. The molecule has 1 saturated heterocycles. The van der Waals surface area contributed by atoms with E-state index in [4.69, 9.17) is 4.74 Å². The fourth-order valence-electron chi connectivity index (χ4n) is 3.09. The van der Waals surface area contributed by atoms with E-state index in [1.54, 1.807) is 29.2 Å². The van der Waals surface area contributed by atoms with Gasteiger partial charge < -0.3 is 9.64 Å². The number of carbonyl (C=O) groups is 1. The Labute approximate surface area is 171 Å². The van der Waals surface area contributed by atoms with Gasteiger partial charge in [-0.15, -0.1) is 0 Å². The van der Waals surface area contributed by atoms with Crippen LogP contribution in [0.15, 0.2) is 64.6 Å². The maximum absolute atomic E-state index is 12.4. The van der Waals surface area contributed by atoms with Crippen LogP contribution in [0.5, 0.6) is 0 Å². The molecule has 0 unspecified atom stereocenters. The summed E-state index contributed by atoms with van der Waals surface area (Å²) >= 11 is 0. The molecule has 8 heteroatoms. The molecule has 0 bridgehead atoms. The normalized spacial score (nSPS) is 18.5. The zero-order valence-electron chi connectivity index (χ0n) is 16.5. The number of rotatable bonds is 5. The summed E-state index contributed by atoms with van der Waals surface area (Å²) in [6, 6.07) is 15.9. The van der Waals surface area contributed by atoms with Crippen molar-refractivity contribution >= 4 is 21.8 Å². The monoisotopic (exact) mass is 415 g/mol. The van der Waals surface area contributed by atoms with E-state index in [9.17, 15) is 13.2 Å². The van der Waals surface area contributed by atoms with Crippen molar-refractivity contribution in [2.24, 2.45) is 5.10 Å². The maximum atomic E-state index is 12.4. The molecule has 1 N–H and O–H groups in total. The third-order valence-electron chi connectivity index (χ3n) is 4.80. The van der Waals surface area contributed by atoms with Gasteiger partial charge in [-0.3, -0.25) is 0 Å². The number of hydrazone groups is 1. The van der Waals surface area contributed by atoms with Gasteiger partial charge in [0.1, 0.15) is 6.61 Å². The topological polar surface area (TPSA) is 88.1 Å². The lowest BCUT2D eigenvalue weighted by Crippen LogP contribution is -2.45. The van der Waals surface area contributed by atoms with Gasteiger partial charge in [0.15, 0.2) is 0 Å². The summed E-state index contributed by atoms with van der Waals surface area (Å²) < 4.78 is 30.1.